The normalized spacial score (nSPS) is 16.4. The van der Waals surface area contributed by atoms with E-state index in [1.54, 1.807) is 0 Å². The van der Waals surface area contributed by atoms with E-state index in [-0.39, 0.29) is 5.91 Å². The molecule has 20 heavy (non-hydrogen) atoms. The zero-order chi connectivity index (χ0) is 14.5. The third-order valence-electron chi connectivity index (χ3n) is 3.72. The van der Waals surface area contributed by atoms with Crippen LogP contribution in [0.3, 0.4) is 0 Å². The lowest BCUT2D eigenvalue weighted by Crippen LogP contribution is -2.44. The summed E-state index contributed by atoms with van der Waals surface area (Å²) in [6.45, 7) is 4.55. The van der Waals surface area contributed by atoms with E-state index < -0.39 is 0 Å². The first-order valence-electron chi connectivity index (χ1n) is 7.03. The zero-order valence-corrected chi connectivity index (χ0v) is 13.7. The van der Waals surface area contributed by atoms with Gasteiger partial charge < -0.3 is 10.6 Å². The summed E-state index contributed by atoms with van der Waals surface area (Å²) < 4.78 is 0.926. The Balaban J connectivity index is 1.88. The standard InChI is InChI=1S/C15H22BrN3O/c1-11-3-4-14(13(16)9-11)18-15(20)10-19(2)12-5-7-17-8-6-12/h3-4,9,12,17H,5-8,10H2,1-2H3,(H,18,20). The summed E-state index contributed by atoms with van der Waals surface area (Å²) in [5.74, 6) is 0.0376. The van der Waals surface area contributed by atoms with Gasteiger partial charge in [-0.15, -0.1) is 0 Å². The molecule has 0 atom stereocenters. The first kappa shape index (κ1) is 15.5. The van der Waals surface area contributed by atoms with E-state index in [4.69, 9.17) is 0 Å². The molecule has 0 spiro atoms. The number of nitrogens with one attached hydrogen (secondary N) is 2. The number of hydrogen-bond donors (Lipinski definition) is 2. The summed E-state index contributed by atoms with van der Waals surface area (Å²) in [4.78, 5) is 14.3. The predicted octanol–water partition coefficient (Wildman–Crippen LogP) is 2.38. The largest absolute Gasteiger partial charge is 0.324 e. The van der Waals surface area contributed by atoms with Crippen molar-refractivity contribution in [2.75, 3.05) is 32.0 Å². The average Bonchev–Trinajstić information content (AvgIpc) is 2.43. The number of hydrogen-bond acceptors (Lipinski definition) is 3. The molecule has 1 aromatic carbocycles. The van der Waals surface area contributed by atoms with Gasteiger partial charge in [0.15, 0.2) is 0 Å². The number of anilines is 1. The molecule has 0 aromatic heterocycles. The van der Waals surface area contributed by atoms with Gasteiger partial charge >= 0.3 is 0 Å². The lowest BCUT2D eigenvalue weighted by atomic mass is 10.1. The summed E-state index contributed by atoms with van der Waals surface area (Å²) in [5, 5.41) is 6.31. The predicted molar refractivity (Wildman–Crippen MR) is 86.0 cm³/mol. The number of aryl methyl sites for hydroxylation is 1. The molecule has 1 fully saturated rings. The number of carbonyl (C=O) groups is 1. The minimum absolute atomic E-state index is 0.0376. The molecule has 1 aromatic rings. The summed E-state index contributed by atoms with van der Waals surface area (Å²) in [5.41, 5.74) is 2.00. The third kappa shape index (κ3) is 4.30. The Labute approximate surface area is 129 Å². The highest BCUT2D eigenvalue weighted by atomic mass is 79.9. The second-order valence-electron chi connectivity index (χ2n) is 5.43. The molecule has 5 heteroatoms. The average molecular weight is 340 g/mol. The Hall–Kier alpha value is -0.910. The summed E-state index contributed by atoms with van der Waals surface area (Å²) in [6, 6.07) is 6.44. The Bertz CT molecular complexity index is 472. The van der Waals surface area contributed by atoms with Crippen LogP contribution >= 0.6 is 15.9 Å². The molecule has 2 N–H and O–H groups in total. The van der Waals surface area contributed by atoms with E-state index in [0.717, 1.165) is 36.1 Å². The molecule has 4 nitrogen and oxygen atoms in total. The molecule has 2 rings (SSSR count). The van der Waals surface area contributed by atoms with E-state index in [1.165, 1.54) is 5.56 Å². The maximum absolute atomic E-state index is 12.1. The van der Waals surface area contributed by atoms with E-state index in [2.05, 4.69) is 31.5 Å². The van der Waals surface area contributed by atoms with E-state index in [1.807, 2.05) is 32.2 Å². The van der Waals surface area contributed by atoms with Crippen molar-refractivity contribution in [2.45, 2.75) is 25.8 Å². The number of amides is 1. The first-order chi connectivity index (χ1) is 9.56. The number of halogens is 1. The second-order valence-corrected chi connectivity index (χ2v) is 6.28. The lowest BCUT2D eigenvalue weighted by Gasteiger charge is -2.31. The Morgan fingerprint density at radius 1 is 1.45 bits per heavy atom. The van der Waals surface area contributed by atoms with Gasteiger partial charge in [0.05, 0.1) is 12.2 Å². The highest BCUT2D eigenvalue weighted by Crippen LogP contribution is 2.23. The number of nitrogens with zero attached hydrogens (tertiary/aromatic N) is 1. The van der Waals surface area contributed by atoms with Gasteiger partial charge in [-0.25, -0.2) is 0 Å². The van der Waals surface area contributed by atoms with Gasteiger partial charge in [-0.3, -0.25) is 9.69 Å². The molecule has 1 heterocycles. The van der Waals surface area contributed by atoms with Gasteiger partial charge in [-0.05, 0) is 73.5 Å². The highest BCUT2D eigenvalue weighted by Gasteiger charge is 2.19. The molecule has 1 amide bonds. The molecule has 0 saturated carbocycles. The topological polar surface area (TPSA) is 44.4 Å². The van der Waals surface area contributed by atoms with Gasteiger partial charge in [0.1, 0.15) is 0 Å². The molecule has 1 saturated heterocycles. The Morgan fingerprint density at radius 2 is 2.15 bits per heavy atom. The molecule has 0 bridgehead atoms. The monoisotopic (exact) mass is 339 g/mol. The van der Waals surface area contributed by atoms with Crippen molar-refractivity contribution < 1.29 is 4.79 Å². The molecule has 0 aliphatic carbocycles. The fourth-order valence-corrected chi connectivity index (χ4v) is 3.11. The molecule has 1 aliphatic heterocycles. The van der Waals surface area contributed by atoms with Crippen LogP contribution in [-0.4, -0.2) is 43.5 Å². The van der Waals surface area contributed by atoms with Crippen LogP contribution in [0.4, 0.5) is 5.69 Å². The van der Waals surface area contributed by atoms with Crippen molar-refractivity contribution in [3.8, 4) is 0 Å². The number of rotatable bonds is 4. The maximum atomic E-state index is 12.1. The molecule has 0 radical (unpaired) electrons. The van der Waals surface area contributed by atoms with Crippen LogP contribution in [-0.2, 0) is 4.79 Å². The number of piperidine rings is 1. The molecular weight excluding hydrogens is 318 g/mol. The molecule has 110 valence electrons. The van der Waals surface area contributed by atoms with Crippen LogP contribution in [0, 0.1) is 6.92 Å². The smallest absolute Gasteiger partial charge is 0.238 e. The summed E-state index contributed by atoms with van der Waals surface area (Å²) >= 11 is 3.48. The van der Waals surface area contributed by atoms with Gasteiger partial charge in [0.25, 0.3) is 0 Å². The van der Waals surface area contributed by atoms with Crippen LogP contribution in [0.1, 0.15) is 18.4 Å². The highest BCUT2D eigenvalue weighted by molar-refractivity contribution is 9.10. The number of benzene rings is 1. The maximum Gasteiger partial charge on any atom is 0.238 e. The van der Waals surface area contributed by atoms with Crippen LogP contribution in [0.25, 0.3) is 0 Å². The first-order valence-corrected chi connectivity index (χ1v) is 7.82. The van der Waals surface area contributed by atoms with Crippen LogP contribution < -0.4 is 10.6 Å². The van der Waals surface area contributed by atoms with Crippen LogP contribution in [0.15, 0.2) is 22.7 Å². The fourth-order valence-electron chi connectivity index (χ4n) is 2.51. The minimum atomic E-state index is 0.0376. The summed E-state index contributed by atoms with van der Waals surface area (Å²) in [6.07, 6.45) is 2.22. The SMILES string of the molecule is Cc1ccc(NC(=O)CN(C)C2CCNCC2)c(Br)c1. The molecule has 0 unspecified atom stereocenters. The van der Waals surface area contributed by atoms with Crippen molar-refractivity contribution in [3.63, 3.8) is 0 Å². The van der Waals surface area contributed by atoms with Crippen molar-refractivity contribution >= 4 is 27.5 Å². The van der Waals surface area contributed by atoms with E-state index >= 15 is 0 Å². The quantitative estimate of drug-likeness (QED) is 0.885. The Kier molecular flexibility index (Phi) is 5.57. The Morgan fingerprint density at radius 3 is 2.80 bits per heavy atom. The molecule has 1 aliphatic rings. The van der Waals surface area contributed by atoms with Gasteiger partial charge in [-0.2, -0.15) is 0 Å². The van der Waals surface area contributed by atoms with E-state index in [9.17, 15) is 4.79 Å². The minimum Gasteiger partial charge on any atom is -0.324 e. The third-order valence-corrected chi connectivity index (χ3v) is 4.38. The second kappa shape index (κ2) is 7.20. The number of carbonyl (C=O) groups excluding carboxylic acids is 1. The number of likely N-dealkylation sites (N-methyl/N-ethyl adjacent to an activating group) is 1. The summed E-state index contributed by atoms with van der Waals surface area (Å²) in [7, 11) is 2.03. The van der Waals surface area contributed by atoms with Crippen LogP contribution in [0.2, 0.25) is 0 Å². The fraction of sp³-hybridized carbons (Fsp3) is 0.533. The molecular formula is C15H22BrN3O. The van der Waals surface area contributed by atoms with Gasteiger partial charge in [0, 0.05) is 10.5 Å². The lowest BCUT2D eigenvalue weighted by molar-refractivity contribution is -0.117. The van der Waals surface area contributed by atoms with Gasteiger partial charge in [0.2, 0.25) is 5.91 Å². The van der Waals surface area contributed by atoms with Crippen molar-refractivity contribution in [3.05, 3.63) is 28.2 Å². The van der Waals surface area contributed by atoms with Crippen molar-refractivity contribution in [1.29, 1.82) is 0 Å². The van der Waals surface area contributed by atoms with E-state index in [0.29, 0.717) is 12.6 Å². The van der Waals surface area contributed by atoms with Crippen molar-refractivity contribution in [2.24, 2.45) is 0 Å². The van der Waals surface area contributed by atoms with Crippen molar-refractivity contribution in [1.82, 2.24) is 10.2 Å². The zero-order valence-electron chi connectivity index (χ0n) is 12.1. The van der Waals surface area contributed by atoms with Gasteiger partial charge in [-0.1, -0.05) is 6.07 Å². The van der Waals surface area contributed by atoms with Crippen LogP contribution in [0.5, 0.6) is 0 Å².